The highest BCUT2D eigenvalue weighted by atomic mass is 35.5. The van der Waals surface area contributed by atoms with E-state index in [9.17, 15) is 14.4 Å². The molecule has 3 amide bonds. The molecule has 0 radical (unpaired) electrons. The Morgan fingerprint density at radius 2 is 2.00 bits per heavy atom. The fourth-order valence-electron chi connectivity index (χ4n) is 4.58. The number of halogens is 1. The first-order valence-electron chi connectivity index (χ1n) is 8.59. The molecule has 3 heterocycles. The molecule has 2 saturated heterocycles. The Morgan fingerprint density at radius 1 is 1.28 bits per heavy atom. The van der Waals surface area contributed by atoms with Gasteiger partial charge in [-0.3, -0.25) is 24.6 Å². The van der Waals surface area contributed by atoms with Crippen molar-refractivity contribution in [3.05, 3.63) is 28.8 Å². The van der Waals surface area contributed by atoms with Gasteiger partial charge in [0.25, 0.3) is 0 Å². The number of carbonyl (C=O) groups is 3. The predicted molar refractivity (Wildman–Crippen MR) is 92.9 cm³/mol. The van der Waals surface area contributed by atoms with E-state index in [1.165, 1.54) is 4.90 Å². The molecule has 0 aromatic heterocycles. The maximum Gasteiger partial charge on any atom is 0.250 e. The number of fused-ring (bicyclic) bond motifs is 4. The molecule has 4 rings (SSSR count). The normalized spacial score (nSPS) is 34.5. The van der Waals surface area contributed by atoms with Crippen molar-refractivity contribution >= 4 is 35.0 Å². The van der Waals surface area contributed by atoms with Crippen LogP contribution in [0.5, 0.6) is 0 Å². The number of rotatable bonds is 2. The van der Waals surface area contributed by atoms with Crippen LogP contribution in [0.3, 0.4) is 0 Å². The zero-order valence-electron chi connectivity index (χ0n) is 14.3. The van der Waals surface area contributed by atoms with Crippen LogP contribution in [0.15, 0.2) is 18.2 Å². The van der Waals surface area contributed by atoms with Gasteiger partial charge < -0.3 is 5.32 Å². The average molecular weight is 362 g/mol. The van der Waals surface area contributed by atoms with Gasteiger partial charge in [-0.1, -0.05) is 18.5 Å². The third kappa shape index (κ3) is 1.92. The van der Waals surface area contributed by atoms with Gasteiger partial charge in [0.1, 0.15) is 5.54 Å². The lowest BCUT2D eigenvalue weighted by Gasteiger charge is -2.30. The Morgan fingerprint density at radius 3 is 2.68 bits per heavy atom. The van der Waals surface area contributed by atoms with Crippen molar-refractivity contribution in [1.82, 2.24) is 10.2 Å². The van der Waals surface area contributed by atoms with Gasteiger partial charge in [-0.05, 0) is 38.5 Å². The zero-order valence-corrected chi connectivity index (χ0v) is 15.1. The Kier molecular flexibility index (Phi) is 3.50. The van der Waals surface area contributed by atoms with Crippen LogP contribution >= 0.6 is 11.6 Å². The molecular weight excluding hydrogens is 342 g/mol. The highest BCUT2D eigenvalue weighted by Gasteiger charge is 2.69. The van der Waals surface area contributed by atoms with Crippen LogP contribution in [0.2, 0.25) is 5.02 Å². The number of nitrogens with zero attached hydrogens (tertiary/aromatic N) is 1. The third-order valence-corrected chi connectivity index (χ3v) is 6.13. The van der Waals surface area contributed by atoms with E-state index in [1.54, 1.807) is 18.2 Å². The molecule has 6 nitrogen and oxygen atoms in total. The lowest BCUT2D eigenvalue weighted by molar-refractivity contribution is -0.145. The van der Waals surface area contributed by atoms with Crippen molar-refractivity contribution in [2.45, 2.75) is 44.8 Å². The van der Waals surface area contributed by atoms with Crippen LogP contribution in [0.25, 0.3) is 0 Å². The van der Waals surface area contributed by atoms with Crippen LogP contribution in [0, 0.1) is 11.8 Å². The van der Waals surface area contributed by atoms with Gasteiger partial charge in [0.05, 0.1) is 11.8 Å². The molecule has 0 bridgehead atoms. The van der Waals surface area contributed by atoms with E-state index in [2.05, 4.69) is 10.6 Å². The van der Waals surface area contributed by atoms with E-state index in [-0.39, 0.29) is 29.8 Å². The number of amides is 3. The van der Waals surface area contributed by atoms with Gasteiger partial charge in [0.2, 0.25) is 17.7 Å². The maximum atomic E-state index is 13.2. The Balaban J connectivity index is 1.89. The second-order valence-electron chi connectivity index (χ2n) is 7.19. The summed E-state index contributed by atoms with van der Waals surface area (Å²) in [6.07, 6.45) is 0.681. The molecule has 0 saturated carbocycles. The minimum atomic E-state index is -1.24. The summed E-state index contributed by atoms with van der Waals surface area (Å²) < 4.78 is 0. The lowest BCUT2D eigenvalue weighted by Crippen LogP contribution is -2.53. The topological polar surface area (TPSA) is 78.5 Å². The van der Waals surface area contributed by atoms with E-state index in [1.807, 2.05) is 20.8 Å². The van der Waals surface area contributed by atoms with Crippen LogP contribution in [-0.2, 0) is 19.9 Å². The SMILES string of the molecule is CC[C@@H](C)N1C(=O)[C@@H]2[C@H](C)N[C@@]3(C(=O)Nc4ccc(Cl)cc43)[C@@H]2C1=O. The summed E-state index contributed by atoms with van der Waals surface area (Å²) in [5.41, 5.74) is 0.0488. The van der Waals surface area contributed by atoms with Crippen LogP contribution < -0.4 is 10.6 Å². The number of hydrogen-bond acceptors (Lipinski definition) is 4. The molecule has 5 atom stereocenters. The van der Waals surface area contributed by atoms with Crippen LogP contribution in [0.1, 0.15) is 32.8 Å². The monoisotopic (exact) mass is 361 g/mol. The summed E-state index contributed by atoms with van der Waals surface area (Å²) in [7, 11) is 0. The van der Waals surface area contributed by atoms with E-state index < -0.39 is 17.4 Å². The first-order valence-corrected chi connectivity index (χ1v) is 8.96. The van der Waals surface area contributed by atoms with Crippen molar-refractivity contribution in [2.75, 3.05) is 5.32 Å². The minimum Gasteiger partial charge on any atom is -0.324 e. The van der Waals surface area contributed by atoms with Crippen molar-refractivity contribution in [3.63, 3.8) is 0 Å². The number of hydrogen-bond donors (Lipinski definition) is 2. The average Bonchev–Trinajstić information content (AvgIpc) is 3.12. The zero-order chi connectivity index (χ0) is 18.1. The molecule has 0 aliphatic carbocycles. The van der Waals surface area contributed by atoms with Crippen molar-refractivity contribution in [2.24, 2.45) is 11.8 Å². The van der Waals surface area contributed by atoms with E-state index in [4.69, 9.17) is 11.6 Å². The van der Waals surface area contributed by atoms with E-state index in [0.717, 1.165) is 0 Å². The quantitative estimate of drug-likeness (QED) is 0.788. The standard InChI is InChI=1S/C18H20ClN3O3/c1-4-8(2)22-15(23)13-9(3)21-18(14(13)16(22)24)11-7-10(19)5-6-12(11)20-17(18)25/h5-9,13-14,21H,4H2,1-3H3,(H,20,25)/t8-,9+,13-,14+,18-/m1/s1. The second kappa shape index (κ2) is 5.29. The number of nitrogens with one attached hydrogen (secondary N) is 2. The largest absolute Gasteiger partial charge is 0.324 e. The number of anilines is 1. The Hall–Kier alpha value is -1.92. The van der Waals surface area contributed by atoms with Gasteiger partial charge >= 0.3 is 0 Å². The van der Waals surface area contributed by atoms with Crippen LogP contribution in [-0.4, -0.2) is 34.7 Å². The summed E-state index contributed by atoms with van der Waals surface area (Å²) in [4.78, 5) is 40.4. The number of carbonyl (C=O) groups excluding carboxylic acids is 3. The molecule has 2 fully saturated rings. The van der Waals surface area contributed by atoms with Crippen molar-refractivity contribution in [1.29, 1.82) is 0 Å². The number of likely N-dealkylation sites (tertiary alicyclic amines) is 1. The fourth-order valence-corrected chi connectivity index (χ4v) is 4.75. The number of imide groups is 1. The van der Waals surface area contributed by atoms with E-state index in [0.29, 0.717) is 22.7 Å². The first-order chi connectivity index (χ1) is 11.8. The molecule has 1 aromatic rings. The first kappa shape index (κ1) is 16.5. The van der Waals surface area contributed by atoms with E-state index >= 15 is 0 Å². The van der Waals surface area contributed by atoms with Crippen molar-refractivity contribution < 1.29 is 14.4 Å². The molecule has 0 unspecified atom stereocenters. The minimum absolute atomic E-state index is 0.182. The second-order valence-corrected chi connectivity index (χ2v) is 7.63. The van der Waals surface area contributed by atoms with Gasteiger partial charge in [-0.2, -0.15) is 0 Å². The molecule has 2 N–H and O–H groups in total. The molecule has 132 valence electrons. The highest BCUT2D eigenvalue weighted by molar-refractivity contribution is 6.31. The molecule has 3 aliphatic rings. The Bertz CT molecular complexity index is 811. The third-order valence-electron chi connectivity index (χ3n) is 5.89. The van der Waals surface area contributed by atoms with Gasteiger partial charge in [-0.25, -0.2) is 0 Å². The summed E-state index contributed by atoms with van der Waals surface area (Å²) >= 11 is 6.15. The predicted octanol–water partition coefficient (Wildman–Crippen LogP) is 1.88. The smallest absolute Gasteiger partial charge is 0.250 e. The molecular formula is C18H20ClN3O3. The number of benzene rings is 1. The molecule has 1 aromatic carbocycles. The molecule has 1 spiro atoms. The fraction of sp³-hybridized carbons (Fsp3) is 0.500. The summed E-state index contributed by atoms with van der Waals surface area (Å²) in [5, 5.41) is 6.59. The lowest BCUT2D eigenvalue weighted by atomic mass is 9.76. The van der Waals surface area contributed by atoms with Gasteiger partial charge in [0, 0.05) is 28.4 Å². The summed E-state index contributed by atoms with van der Waals surface area (Å²) in [6.45, 7) is 5.66. The van der Waals surface area contributed by atoms with Crippen LogP contribution in [0.4, 0.5) is 5.69 Å². The molecule has 3 aliphatic heterocycles. The molecule has 7 heteroatoms. The summed E-state index contributed by atoms with van der Waals surface area (Å²) in [5.74, 6) is -2.05. The van der Waals surface area contributed by atoms with Gasteiger partial charge in [-0.15, -0.1) is 0 Å². The summed E-state index contributed by atoms with van der Waals surface area (Å²) in [6, 6.07) is 4.67. The van der Waals surface area contributed by atoms with Gasteiger partial charge in [0.15, 0.2) is 0 Å². The molecule has 25 heavy (non-hydrogen) atoms. The highest BCUT2D eigenvalue weighted by Crippen LogP contribution is 2.53. The van der Waals surface area contributed by atoms with Crippen molar-refractivity contribution in [3.8, 4) is 0 Å². The maximum absolute atomic E-state index is 13.2. The Labute approximate surface area is 150 Å².